The highest BCUT2D eigenvalue weighted by Crippen LogP contribution is 2.39. The average Bonchev–Trinajstić information content (AvgIpc) is 2.75. The number of nitriles is 1. The van der Waals surface area contributed by atoms with Crippen molar-refractivity contribution in [3.63, 3.8) is 0 Å². The summed E-state index contributed by atoms with van der Waals surface area (Å²) in [5.74, 6) is -0.409. The van der Waals surface area contributed by atoms with Gasteiger partial charge in [-0.25, -0.2) is 4.98 Å². The van der Waals surface area contributed by atoms with E-state index >= 15 is 0 Å². The Labute approximate surface area is 184 Å². The molecule has 1 aromatic carbocycles. The van der Waals surface area contributed by atoms with E-state index in [-0.39, 0.29) is 47.4 Å². The van der Waals surface area contributed by atoms with Crippen LogP contribution in [0, 0.1) is 11.3 Å². The number of anilines is 2. The normalized spacial score (nSPS) is 11.0. The molecule has 32 heavy (non-hydrogen) atoms. The number of benzene rings is 1. The zero-order valence-electron chi connectivity index (χ0n) is 18.0. The Hall–Kier alpha value is -3.52. The predicted octanol–water partition coefficient (Wildman–Crippen LogP) is 2.71. The molecule has 1 amide bonds. The summed E-state index contributed by atoms with van der Waals surface area (Å²) in [5.41, 5.74) is 5.64. The molecule has 0 aliphatic heterocycles. The number of nitrogen functional groups attached to an aromatic ring is 1. The molecule has 1 heterocycles. The molecule has 0 spiro atoms. The Morgan fingerprint density at radius 1 is 1.31 bits per heavy atom. The van der Waals surface area contributed by atoms with Gasteiger partial charge in [-0.2, -0.15) is 18.4 Å². The molecule has 8 nitrogen and oxygen atoms in total. The summed E-state index contributed by atoms with van der Waals surface area (Å²) in [6.07, 6.45) is -4.24. The van der Waals surface area contributed by atoms with Gasteiger partial charge in [-0.15, -0.1) is 0 Å². The molecule has 1 aromatic heterocycles. The van der Waals surface area contributed by atoms with Crippen LogP contribution >= 0.6 is 0 Å². The van der Waals surface area contributed by atoms with Crippen LogP contribution in [0.5, 0.6) is 5.75 Å². The second kappa shape index (κ2) is 10.7. The van der Waals surface area contributed by atoms with Gasteiger partial charge in [0, 0.05) is 26.7 Å². The van der Waals surface area contributed by atoms with Crippen LogP contribution in [0.2, 0.25) is 0 Å². The van der Waals surface area contributed by atoms with Crippen LogP contribution in [0.3, 0.4) is 0 Å². The maximum Gasteiger partial charge on any atom is 0.419 e. The minimum absolute atomic E-state index is 0.0359. The quantitative estimate of drug-likeness (QED) is 0.503. The molecule has 0 radical (unpaired) electrons. The smallest absolute Gasteiger partial charge is 0.419 e. The number of halogens is 3. The van der Waals surface area contributed by atoms with Gasteiger partial charge in [0.25, 0.3) is 0 Å². The average molecular weight is 450 g/mol. The lowest BCUT2D eigenvalue weighted by Crippen LogP contribution is -2.33. The summed E-state index contributed by atoms with van der Waals surface area (Å²) in [4.78, 5) is 17.0. The van der Waals surface area contributed by atoms with Gasteiger partial charge in [0.1, 0.15) is 11.8 Å². The van der Waals surface area contributed by atoms with Gasteiger partial charge in [0.05, 0.1) is 35.8 Å². The first-order valence-electron chi connectivity index (χ1n) is 9.72. The highest BCUT2D eigenvalue weighted by atomic mass is 19.4. The monoisotopic (exact) mass is 450 g/mol. The van der Waals surface area contributed by atoms with Crippen LogP contribution in [0.1, 0.15) is 17.7 Å². The molecule has 0 atom stereocenters. The van der Waals surface area contributed by atoms with E-state index in [4.69, 9.17) is 10.5 Å². The number of rotatable bonds is 9. The summed E-state index contributed by atoms with van der Waals surface area (Å²) >= 11 is 0. The highest BCUT2D eigenvalue weighted by Gasteiger charge is 2.35. The number of hydrogen-bond acceptors (Lipinski definition) is 7. The van der Waals surface area contributed by atoms with Crippen LogP contribution in [0.4, 0.5) is 24.5 Å². The first-order valence-corrected chi connectivity index (χ1v) is 9.72. The molecule has 0 aliphatic rings. The van der Waals surface area contributed by atoms with Crippen molar-refractivity contribution in [2.24, 2.45) is 0 Å². The van der Waals surface area contributed by atoms with Crippen molar-refractivity contribution in [1.82, 2.24) is 15.2 Å². The highest BCUT2D eigenvalue weighted by molar-refractivity contribution is 5.78. The van der Waals surface area contributed by atoms with E-state index in [0.29, 0.717) is 18.7 Å². The van der Waals surface area contributed by atoms with Gasteiger partial charge in [-0.1, -0.05) is 0 Å². The Morgan fingerprint density at radius 2 is 2.03 bits per heavy atom. The van der Waals surface area contributed by atoms with E-state index in [1.807, 2.05) is 6.07 Å². The van der Waals surface area contributed by atoms with Crippen LogP contribution in [0.15, 0.2) is 24.3 Å². The van der Waals surface area contributed by atoms with Gasteiger partial charge in [0.2, 0.25) is 5.91 Å². The fourth-order valence-corrected chi connectivity index (χ4v) is 2.76. The first-order chi connectivity index (χ1) is 15.1. The second-order valence-electron chi connectivity index (χ2n) is 7.05. The van der Waals surface area contributed by atoms with Gasteiger partial charge in [0.15, 0.2) is 5.69 Å². The van der Waals surface area contributed by atoms with Gasteiger partial charge < -0.3 is 26.0 Å². The Morgan fingerprint density at radius 3 is 2.62 bits per heavy atom. The summed E-state index contributed by atoms with van der Waals surface area (Å²) in [6, 6.07) is 6.92. The van der Waals surface area contributed by atoms with E-state index in [1.165, 1.54) is 23.1 Å². The third-order valence-corrected chi connectivity index (χ3v) is 4.55. The van der Waals surface area contributed by atoms with E-state index in [0.717, 1.165) is 6.07 Å². The van der Waals surface area contributed by atoms with Crippen molar-refractivity contribution in [3.05, 3.63) is 35.5 Å². The van der Waals surface area contributed by atoms with Crippen LogP contribution in [-0.2, 0) is 11.0 Å². The van der Waals surface area contributed by atoms with Crippen molar-refractivity contribution < 1.29 is 22.7 Å². The molecular weight excluding hydrogens is 425 g/mol. The number of nitrogens with one attached hydrogen (secondary N) is 2. The molecule has 0 aliphatic carbocycles. The first kappa shape index (κ1) is 24.7. The van der Waals surface area contributed by atoms with Crippen LogP contribution in [0.25, 0.3) is 11.3 Å². The summed E-state index contributed by atoms with van der Waals surface area (Å²) in [7, 11) is 4.85. The molecule has 172 valence electrons. The van der Waals surface area contributed by atoms with E-state index in [1.54, 1.807) is 21.1 Å². The molecule has 0 unspecified atom stereocenters. The molecular formula is C21H25F3N6O2. The minimum Gasteiger partial charge on any atom is -0.493 e. The zero-order chi connectivity index (χ0) is 23.9. The fraction of sp³-hybridized carbons (Fsp3) is 0.381. The molecule has 11 heteroatoms. The largest absolute Gasteiger partial charge is 0.493 e. The fourth-order valence-electron chi connectivity index (χ4n) is 2.76. The molecule has 4 N–H and O–H groups in total. The van der Waals surface area contributed by atoms with Crippen molar-refractivity contribution in [2.75, 3.05) is 51.9 Å². The lowest BCUT2D eigenvalue weighted by atomic mass is 10.0. The van der Waals surface area contributed by atoms with E-state index in [9.17, 15) is 23.2 Å². The molecule has 0 saturated carbocycles. The Balaban J connectivity index is 2.17. The number of alkyl halides is 3. The van der Waals surface area contributed by atoms with Crippen molar-refractivity contribution in [2.45, 2.75) is 12.6 Å². The number of carbonyl (C=O) groups is 1. The van der Waals surface area contributed by atoms with E-state index in [2.05, 4.69) is 15.6 Å². The zero-order valence-corrected chi connectivity index (χ0v) is 18.0. The Bertz CT molecular complexity index is 1000. The van der Waals surface area contributed by atoms with Gasteiger partial charge in [-0.05, 0) is 37.2 Å². The number of nitrogens with two attached hydrogens (primary N) is 1. The molecule has 0 saturated heterocycles. The number of likely N-dealkylation sites (N-methyl/N-ethyl adjacent to an activating group) is 1. The SMILES string of the molecule is CNc1cc(-c2ccc(OCCCNCC(=O)N(C)C)c(C(F)(F)F)c2)nc(C#N)c1N. The second-order valence-corrected chi connectivity index (χ2v) is 7.05. The topological polar surface area (TPSA) is 116 Å². The lowest BCUT2D eigenvalue weighted by molar-refractivity contribution is -0.139. The van der Waals surface area contributed by atoms with Crippen LogP contribution < -0.4 is 21.1 Å². The van der Waals surface area contributed by atoms with Gasteiger partial charge >= 0.3 is 6.18 Å². The number of pyridine rings is 1. The third kappa shape index (κ3) is 6.24. The molecule has 0 fully saturated rings. The number of hydrogen-bond donors (Lipinski definition) is 3. The maximum absolute atomic E-state index is 13.7. The number of carbonyl (C=O) groups excluding carboxylic acids is 1. The third-order valence-electron chi connectivity index (χ3n) is 4.55. The maximum atomic E-state index is 13.7. The van der Waals surface area contributed by atoms with E-state index < -0.39 is 11.7 Å². The predicted molar refractivity (Wildman–Crippen MR) is 115 cm³/mol. The molecule has 0 bridgehead atoms. The lowest BCUT2D eigenvalue weighted by Gasteiger charge is -2.16. The minimum atomic E-state index is -4.65. The standard InChI is InChI=1S/C21H25F3N6O2/c1-27-16-10-15(29-17(11-25)20(16)26)13-5-6-18(14(9-13)21(22,23)24)32-8-4-7-28-12-19(31)30(2)3/h5-6,9-10,28H,4,7-8,12,26H2,1-3H3,(H,27,29). The summed E-state index contributed by atoms with van der Waals surface area (Å²) < 4.78 is 46.3. The molecule has 2 aromatic rings. The Kier molecular flexibility index (Phi) is 8.26. The van der Waals surface area contributed by atoms with Crippen molar-refractivity contribution in [3.8, 4) is 23.1 Å². The van der Waals surface area contributed by atoms with Crippen LogP contribution in [-0.4, -0.2) is 56.6 Å². The summed E-state index contributed by atoms with van der Waals surface area (Å²) in [6.45, 7) is 0.593. The molecule has 2 rings (SSSR count). The van der Waals surface area contributed by atoms with Gasteiger partial charge in [-0.3, -0.25) is 4.79 Å². The van der Waals surface area contributed by atoms with Crippen molar-refractivity contribution in [1.29, 1.82) is 5.26 Å². The van der Waals surface area contributed by atoms with Crippen molar-refractivity contribution >= 4 is 17.3 Å². The number of amides is 1. The number of aromatic nitrogens is 1. The summed E-state index contributed by atoms with van der Waals surface area (Å²) in [5, 5.41) is 14.9. The number of nitrogens with zero attached hydrogens (tertiary/aromatic N) is 3. The number of ether oxygens (including phenoxy) is 1.